The summed E-state index contributed by atoms with van der Waals surface area (Å²) in [7, 11) is 0. The summed E-state index contributed by atoms with van der Waals surface area (Å²) < 4.78 is 24.8. The van der Waals surface area contributed by atoms with E-state index in [0.29, 0.717) is 0 Å². The number of anilines is 1. The molecule has 0 aromatic carbocycles. The zero-order chi connectivity index (χ0) is 10.7. The number of aliphatic hydroxyl groups is 1. The molecule has 1 aromatic rings. The van der Waals surface area contributed by atoms with Crippen LogP contribution in [-0.2, 0) is 13.2 Å². The van der Waals surface area contributed by atoms with Crippen LogP contribution in [0.3, 0.4) is 0 Å². The minimum Gasteiger partial charge on any atom is -0.397 e. The second-order valence-corrected chi connectivity index (χ2v) is 2.72. The topological polar surface area (TPSA) is 85.2 Å². The summed E-state index contributed by atoms with van der Waals surface area (Å²) in [6.07, 6.45) is -1.66. The summed E-state index contributed by atoms with van der Waals surface area (Å²) in [5, 5.41) is 8.80. The molecule has 0 saturated heterocycles. The van der Waals surface area contributed by atoms with E-state index < -0.39 is 6.43 Å². The van der Waals surface area contributed by atoms with E-state index in [1.165, 1.54) is 0 Å². The van der Waals surface area contributed by atoms with Crippen molar-refractivity contribution in [2.24, 2.45) is 5.73 Å². The smallest absolute Gasteiger partial charge is 0.265 e. The fourth-order valence-corrected chi connectivity index (χ4v) is 1.17. The lowest BCUT2D eigenvalue weighted by Crippen LogP contribution is -2.10. The Kier molecular flexibility index (Phi) is 3.32. The van der Waals surface area contributed by atoms with E-state index in [4.69, 9.17) is 16.6 Å². The molecule has 1 rings (SSSR count). The average Bonchev–Trinajstić information content (AvgIpc) is 2.17. The first-order chi connectivity index (χ1) is 6.61. The molecule has 1 aromatic heterocycles. The van der Waals surface area contributed by atoms with Crippen LogP contribution in [0.1, 0.15) is 23.2 Å². The van der Waals surface area contributed by atoms with Gasteiger partial charge in [0.25, 0.3) is 6.43 Å². The molecule has 4 nitrogen and oxygen atoms in total. The molecule has 0 spiro atoms. The van der Waals surface area contributed by atoms with Gasteiger partial charge in [0.1, 0.15) is 0 Å². The highest BCUT2D eigenvalue weighted by molar-refractivity contribution is 5.54. The third kappa shape index (κ3) is 1.80. The van der Waals surface area contributed by atoms with Crippen molar-refractivity contribution in [3.8, 4) is 0 Å². The zero-order valence-corrected chi connectivity index (χ0v) is 7.37. The van der Waals surface area contributed by atoms with Crippen LogP contribution in [0, 0.1) is 0 Å². The Bertz CT molecular complexity index is 331. The van der Waals surface area contributed by atoms with Gasteiger partial charge in [0.15, 0.2) is 0 Å². The van der Waals surface area contributed by atoms with Crippen molar-refractivity contribution in [3.63, 3.8) is 0 Å². The van der Waals surface area contributed by atoms with E-state index in [-0.39, 0.29) is 35.7 Å². The highest BCUT2D eigenvalue weighted by Gasteiger charge is 2.17. The van der Waals surface area contributed by atoms with Gasteiger partial charge in [-0.25, -0.2) is 8.78 Å². The number of nitrogen functional groups attached to an aromatic ring is 1. The second-order valence-electron chi connectivity index (χ2n) is 2.72. The van der Waals surface area contributed by atoms with Gasteiger partial charge in [-0.05, 0) is 0 Å². The molecule has 78 valence electrons. The van der Waals surface area contributed by atoms with Crippen LogP contribution in [0.4, 0.5) is 14.5 Å². The van der Waals surface area contributed by atoms with Gasteiger partial charge in [0.2, 0.25) is 0 Å². The molecule has 0 saturated carbocycles. The summed E-state index contributed by atoms with van der Waals surface area (Å²) >= 11 is 0. The molecule has 0 bridgehead atoms. The Labute approximate surface area is 79.6 Å². The molecule has 0 aliphatic rings. The van der Waals surface area contributed by atoms with E-state index in [1.807, 2.05) is 0 Å². The molecular weight excluding hydrogens is 192 g/mol. The van der Waals surface area contributed by atoms with Gasteiger partial charge in [-0.3, -0.25) is 4.98 Å². The van der Waals surface area contributed by atoms with Crippen molar-refractivity contribution >= 4 is 5.69 Å². The van der Waals surface area contributed by atoms with Crippen molar-refractivity contribution in [2.75, 3.05) is 5.73 Å². The summed E-state index contributed by atoms with van der Waals surface area (Å²) in [5.74, 6) is 0. The van der Waals surface area contributed by atoms with Crippen LogP contribution >= 0.6 is 0 Å². The monoisotopic (exact) mass is 203 g/mol. The lowest BCUT2D eigenvalue weighted by Gasteiger charge is -2.11. The van der Waals surface area contributed by atoms with Crippen LogP contribution in [0.15, 0.2) is 6.20 Å². The van der Waals surface area contributed by atoms with Crippen molar-refractivity contribution < 1.29 is 13.9 Å². The summed E-state index contributed by atoms with van der Waals surface area (Å²) in [5.41, 5.74) is 10.9. The second kappa shape index (κ2) is 4.30. The molecule has 0 fully saturated rings. The van der Waals surface area contributed by atoms with Crippen LogP contribution in [-0.4, -0.2) is 10.1 Å². The van der Waals surface area contributed by atoms with E-state index in [9.17, 15) is 8.78 Å². The third-order valence-corrected chi connectivity index (χ3v) is 1.93. The van der Waals surface area contributed by atoms with Crippen molar-refractivity contribution in [2.45, 2.75) is 19.6 Å². The predicted octanol–water partition coefficient (Wildman–Crippen LogP) is 0.552. The van der Waals surface area contributed by atoms with Gasteiger partial charge in [-0.2, -0.15) is 0 Å². The number of halogens is 2. The minimum absolute atomic E-state index is 0.0489. The molecule has 6 heteroatoms. The maximum atomic E-state index is 12.4. The summed E-state index contributed by atoms with van der Waals surface area (Å²) in [6, 6.07) is 0. The quantitative estimate of drug-likeness (QED) is 0.669. The fraction of sp³-hybridized carbons (Fsp3) is 0.375. The molecule has 0 aliphatic carbocycles. The Hall–Kier alpha value is -1.27. The number of hydrogen-bond donors (Lipinski definition) is 3. The lowest BCUT2D eigenvalue weighted by molar-refractivity contribution is 0.149. The molecule has 5 N–H and O–H groups in total. The highest BCUT2D eigenvalue weighted by Crippen LogP contribution is 2.27. The first kappa shape index (κ1) is 10.8. The third-order valence-electron chi connectivity index (χ3n) is 1.93. The van der Waals surface area contributed by atoms with Crippen LogP contribution < -0.4 is 11.5 Å². The Morgan fingerprint density at radius 2 is 2.14 bits per heavy atom. The van der Waals surface area contributed by atoms with Gasteiger partial charge in [0.05, 0.1) is 18.0 Å². The van der Waals surface area contributed by atoms with Gasteiger partial charge in [0, 0.05) is 23.9 Å². The predicted molar refractivity (Wildman–Crippen MR) is 47.4 cm³/mol. The first-order valence-corrected chi connectivity index (χ1v) is 3.97. The van der Waals surface area contributed by atoms with Crippen molar-refractivity contribution in [3.05, 3.63) is 23.0 Å². The molecule has 0 amide bonds. The number of aromatic nitrogens is 1. The van der Waals surface area contributed by atoms with Gasteiger partial charge in [-0.1, -0.05) is 0 Å². The molecule has 0 unspecified atom stereocenters. The van der Waals surface area contributed by atoms with Gasteiger partial charge >= 0.3 is 0 Å². The van der Waals surface area contributed by atoms with Gasteiger partial charge < -0.3 is 16.6 Å². The van der Waals surface area contributed by atoms with Crippen molar-refractivity contribution in [1.29, 1.82) is 0 Å². The number of alkyl halides is 2. The normalized spacial score (nSPS) is 10.9. The number of rotatable bonds is 3. The maximum absolute atomic E-state index is 12.4. The SMILES string of the molecule is NCc1c(C(F)F)cnc(CO)c1N. The highest BCUT2D eigenvalue weighted by atomic mass is 19.3. The van der Waals surface area contributed by atoms with Crippen molar-refractivity contribution in [1.82, 2.24) is 4.98 Å². The number of hydrogen-bond acceptors (Lipinski definition) is 4. The van der Waals surface area contributed by atoms with Crippen LogP contribution in [0.5, 0.6) is 0 Å². The van der Waals surface area contributed by atoms with E-state index >= 15 is 0 Å². The zero-order valence-electron chi connectivity index (χ0n) is 7.37. The van der Waals surface area contributed by atoms with Crippen LogP contribution in [0.2, 0.25) is 0 Å². The minimum atomic E-state index is -2.66. The Morgan fingerprint density at radius 3 is 2.57 bits per heavy atom. The molecule has 0 atom stereocenters. The first-order valence-electron chi connectivity index (χ1n) is 3.97. The Balaban J connectivity index is 3.28. The number of nitrogens with two attached hydrogens (primary N) is 2. The Morgan fingerprint density at radius 1 is 1.50 bits per heavy atom. The lowest BCUT2D eigenvalue weighted by atomic mass is 10.1. The van der Waals surface area contributed by atoms with E-state index in [1.54, 1.807) is 0 Å². The molecule has 0 radical (unpaired) electrons. The standard InChI is InChI=1S/C8H11F2N3O/c9-8(10)5-2-13-6(3-14)7(12)4(5)1-11/h2,8,14H,1,3,11-12H2. The average molecular weight is 203 g/mol. The largest absolute Gasteiger partial charge is 0.397 e. The van der Waals surface area contributed by atoms with E-state index in [2.05, 4.69) is 4.98 Å². The molecule has 1 heterocycles. The fourth-order valence-electron chi connectivity index (χ4n) is 1.17. The summed E-state index contributed by atoms with van der Waals surface area (Å²) in [4.78, 5) is 3.62. The molecule has 0 aliphatic heterocycles. The molecular formula is C8H11F2N3O. The molecule has 14 heavy (non-hydrogen) atoms. The number of aliphatic hydroxyl groups excluding tert-OH is 1. The van der Waals surface area contributed by atoms with E-state index in [0.717, 1.165) is 6.20 Å². The number of nitrogens with zero attached hydrogens (tertiary/aromatic N) is 1. The van der Waals surface area contributed by atoms with Crippen LogP contribution in [0.25, 0.3) is 0 Å². The van der Waals surface area contributed by atoms with Gasteiger partial charge in [-0.15, -0.1) is 0 Å². The maximum Gasteiger partial charge on any atom is 0.265 e. The summed E-state index contributed by atoms with van der Waals surface area (Å²) in [6.45, 7) is -0.483. The number of pyridine rings is 1.